The average Bonchev–Trinajstić information content (AvgIpc) is 2.88. The van der Waals surface area contributed by atoms with Gasteiger partial charge in [0.1, 0.15) is 0 Å². The zero-order chi connectivity index (χ0) is 16.6. The van der Waals surface area contributed by atoms with Gasteiger partial charge in [0.2, 0.25) is 0 Å². The first kappa shape index (κ1) is 15.8. The maximum atomic E-state index is 12.5. The minimum Gasteiger partial charge on any atom is -0.360 e. The quantitative estimate of drug-likeness (QED) is 0.671. The van der Waals surface area contributed by atoms with Crippen LogP contribution in [0.1, 0.15) is 50.4 Å². The first-order chi connectivity index (χ1) is 10.9. The van der Waals surface area contributed by atoms with Crippen molar-refractivity contribution in [1.29, 1.82) is 0 Å². The molecule has 1 aliphatic rings. The van der Waals surface area contributed by atoms with E-state index in [1.54, 1.807) is 6.20 Å². The highest BCUT2D eigenvalue weighted by molar-refractivity contribution is 6.45. The Hall–Kier alpha value is -2.10. The van der Waals surface area contributed by atoms with Gasteiger partial charge in [-0.25, -0.2) is 0 Å². The highest BCUT2D eigenvalue weighted by Crippen LogP contribution is 2.38. The summed E-state index contributed by atoms with van der Waals surface area (Å²) in [5, 5.41) is 3.75. The molecule has 2 atom stereocenters. The highest BCUT2D eigenvalue weighted by atomic mass is 16.2. The second-order valence-electron chi connectivity index (χ2n) is 7.66. The fourth-order valence-electron chi connectivity index (χ4n) is 4.09. The van der Waals surface area contributed by atoms with Gasteiger partial charge >= 0.3 is 0 Å². The van der Waals surface area contributed by atoms with Crippen LogP contribution in [-0.4, -0.2) is 22.7 Å². The Balaban J connectivity index is 1.74. The van der Waals surface area contributed by atoms with Crippen molar-refractivity contribution in [2.75, 3.05) is 0 Å². The summed E-state index contributed by atoms with van der Waals surface area (Å²) in [4.78, 5) is 27.9. The molecule has 0 spiro atoms. The number of aromatic amines is 1. The van der Waals surface area contributed by atoms with Gasteiger partial charge in [-0.2, -0.15) is 0 Å². The predicted octanol–water partition coefficient (Wildman–Crippen LogP) is 3.68. The van der Waals surface area contributed by atoms with Crippen LogP contribution in [0.4, 0.5) is 0 Å². The number of H-pyrrole nitrogens is 1. The fraction of sp³-hybridized carbons (Fsp3) is 0.474. The summed E-state index contributed by atoms with van der Waals surface area (Å²) in [5.74, 6) is -0.393. The number of aromatic nitrogens is 1. The van der Waals surface area contributed by atoms with Crippen LogP contribution < -0.4 is 5.32 Å². The van der Waals surface area contributed by atoms with Crippen molar-refractivity contribution >= 4 is 22.6 Å². The standard InChI is InChI=1S/C19H24N2O2/c1-12-8-13(10-19(2,3)9-12)21-18(23)17(22)15-11-20-16-7-5-4-6-14(15)16/h4-7,11-13,20H,8-10H2,1-3H3,(H,21,23). The maximum Gasteiger partial charge on any atom is 0.292 e. The Kier molecular flexibility index (Phi) is 4.00. The third-order valence-corrected chi connectivity index (χ3v) is 4.76. The average molecular weight is 312 g/mol. The molecule has 1 aromatic carbocycles. The number of hydrogen-bond donors (Lipinski definition) is 2. The van der Waals surface area contributed by atoms with E-state index in [1.165, 1.54) is 0 Å². The Morgan fingerprint density at radius 1 is 1.22 bits per heavy atom. The number of ketones is 1. The largest absolute Gasteiger partial charge is 0.360 e. The van der Waals surface area contributed by atoms with Gasteiger partial charge in [-0.05, 0) is 36.7 Å². The van der Waals surface area contributed by atoms with Gasteiger partial charge in [0.25, 0.3) is 11.7 Å². The molecule has 122 valence electrons. The molecule has 2 aromatic rings. The zero-order valence-corrected chi connectivity index (χ0v) is 14.0. The van der Waals surface area contributed by atoms with Crippen molar-refractivity contribution in [1.82, 2.24) is 10.3 Å². The lowest BCUT2D eigenvalue weighted by Crippen LogP contribution is -2.45. The van der Waals surface area contributed by atoms with Crippen LogP contribution in [0.5, 0.6) is 0 Å². The summed E-state index contributed by atoms with van der Waals surface area (Å²) >= 11 is 0. The third kappa shape index (κ3) is 3.31. The van der Waals surface area contributed by atoms with E-state index < -0.39 is 11.7 Å². The van der Waals surface area contributed by atoms with E-state index in [-0.39, 0.29) is 11.5 Å². The summed E-state index contributed by atoms with van der Waals surface area (Å²) in [5.41, 5.74) is 1.52. The lowest BCUT2D eigenvalue weighted by molar-refractivity contribution is -0.118. The zero-order valence-electron chi connectivity index (χ0n) is 14.0. The molecule has 1 saturated carbocycles. The van der Waals surface area contributed by atoms with Crippen LogP contribution in [0.25, 0.3) is 10.9 Å². The molecule has 0 radical (unpaired) electrons. The molecular formula is C19H24N2O2. The molecule has 0 aliphatic heterocycles. The molecule has 3 rings (SSSR count). The molecule has 23 heavy (non-hydrogen) atoms. The van der Waals surface area contributed by atoms with Crippen molar-refractivity contribution in [2.24, 2.45) is 11.3 Å². The number of carbonyl (C=O) groups excluding carboxylic acids is 2. The Morgan fingerprint density at radius 3 is 2.70 bits per heavy atom. The van der Waals surface area contributed by atoms with Gasteiger partial charge in [-0.15, -0.1) is 0 Å². The van der Waals surface area contributed by atoms with Crippen molar-refractivity contribution in [2.45, 2.75) is 46.1 Å². The van der Waals surface area contributed by atoms with Gasteiger partial charge < -0.3 is 10.3 Å². The number of rotatable bonds is 3. The lowest BCUT2D eigenvalue weighted by atomic mass is 9.70. The van der Waals surface area contributed by atoms with E-state index in [0.717, 1.165) is 30.2 Å². The topological polar surface area (TPSA) is 62.0 Å². The molecule has 1 amide bonds. The highest BCUT2D eigenvalue weighted by Gasteiger charge is 2.33. The van der Waals surface area contributed by atoms with Crippen molar-refractivity contribution in [3.8, 4) is 0 Å². The smallest absolute Gasteiger partial charge is 0.292 e. The Labute approximate surface area is 136 Å². The molecule has 4 nitrogen and oxygen atoms in total. The summed E-state index contributed by atoms with van der Waals surface area (Å²) < 4.78 is 0. The number of Topliss-reactive ketones (excluding diaryl/α,β-unsaturated/α-hetero) is 1. The molecule has 2 unspecified atom stereocenters. The van der Waals surface area contributed by atoms with Crippen LogP contribution >= 0.6 is 0 Å². The first-order valence-electron chi connectivity index (χ1n) is 8.27. The molecule has 1 heterocycles. The Morgan fingerprint density at radius 2 is 1.96 bits per heavy atom. The molecule has 1 aromatic heterocycles. The number of para-hydroxylation sites is 1. The van der Waals surface area contributed by atoms with Crippen LogP contribution in [0.2, 0.25) is 0 Å². The van der Waals surface area contributed by atoms with E-state index in [2.05, 4.69) is 31.1 Å². The predicted molar refractivity (Wildman–Crippen MR) is 91.4 cm³/mol. The van der Waals surface area contributed by atoms with Gasteiger partial charge in [-0.3, -0.25) is 9.59 Å². The first-order valence-corrected chi connectivity index (χ1v) is 8.27. The summed E-state index contributed by atoms with van der Waals surface area (Å²) in [7, 11) is 0. The number of amides is 1. The molecule has 0 saturated heterocycles. The summed E-state index contributed by atoms with van der Waals surface area (Å²) in [6.45, 7) is 6.66. The monoisotopic (exact) mass is 312 g/mol. The van der Waals surface area contributed by atoms with E-state index in [4.69, 9.17) is 0 Å². The minimum atomic E-state index is -0.496. The van der Waals surface area contributed by atoms with E-state index in [9.17, 15) is 9.59 Å². The van der Waals surface area contributed by atoms with Crippen LogP contribution in [0, 0.1) is 11.3 Å². The minimum absolute atomic E-state index is 0.0791. The van der Waals surface area contributed by atoms with Gasteiger partial charge in [0.15, 0.2) is 0 Å². The molecule has 1 aliphatic carbocycles. The molecule has 2 N–H and O–H groups in total. The Bertz CT molecular complexity index is 745. The normalized spacial score (nSPS) is 23.6. The van der Waals surface area contributed by atoms with Crippen LogP contribution in [0.15, 0.2) is 30.5 Å². The summed E-state index contributed by atoms with van der Waals surface area (Å²) in [6, 6.07) is 7.61. The van der Waals surface area contributed by atoms with E-state index >= 15 is 0 Å². The molecule has 1 fully saturated rings. The van der Waals surface area contributed by atoms with E-state index in [1.807, 2.05) is 24.3 Å². The second kappa shape index (κ2) is 5.84. The maximum absolute atomic E-state index is 12.5. The number of fused-ring (bicyclic) bond motifs is 1. The number of nitrogens with one attached hydrogen (secondary N) is 2. The van der Waals surface area contributed by atoms with Gasteiger partial charge in [-0.1, -0.05) is 39.0 Å². The van der Waals surface area contributed by atoms with Crippen LogP contribution in [0.3, 0.4) is 0 Å². The fourth-order valence-corrected chi connectivity index (χ4v) is 4.09. The van der Waals surface area contributed by atoms with Crippen molar-refractivity contribution < 1.29 is 9.59 Å². The van der Waals surface area contributed by atoms with Gasteiger partial charge in [0, 0.05) is 23.1 Å². The number of carbonyl (C=O) groups is 2. The third-order valence-electron chi connectivity index (χ3n) is 4.76. The molecular weight excluding hydrogens is 288 g/mol. The number of benzene rings is 1. The second-order valence-corrected chi connectivity index (χ2v) is 7.66. The summed E-state index contributed by atoms with van der Waals surface area (Å²) in [6.07, 6.45) is 4.65. The van der Waals surface area contributed by atoms with Gasteiger partial charge in [0.05, 0.1) is 5.56 Å². The van der Waals surface area contributed by atoms with Crippen molar-refractivity contribution in [3.63, 3.8) is 0 Å². The number of hydrogen-bond acceptors (Lipinski definition) is 2. The van der Waals surface area contributed by atoms with E-state index in [0.29, 0.717) is 11.5 Å². The lowest BCUT2D eigenvalue weighted by Gasteiger charge is -2.39. The molecule has 0 bridgehead atoms. The SMILES string of the molecule is CC1CC(NC(=O)C(=O)c2c[nH]c3ccccc23)CC(C)(C)C1. The molecule has 4 heteroatoms. The van der Waals surface area contributed by atoms with Crippen LogP contribution in [-0.2, 0) is 4.79 Å². The van der Waals surface area contributed by atoms with Crippen molar-refractivity contribution in [3.05, 3.63) is 36.0 Å².